The molecule has 2 aromatic rings. The molecule has 0 saturated carbocycles. The second kappa shape index (κ2) is 19.7. The molecule has 0 amide bonds. The van der Waals surface area contributed by atoms with Gasteiger partial charge in [0.1, 0.15) is 42.5 Å². The summed E-state index contributed by atoms with van der Waals surface area (Å²) < 4.78 is 22.9. The summed E-state index contributed by atoms with van der Waals surface area (Å²) in [5, 5.41) is 31.7. The van der Waals surface area contributed by atoms with Gasteiger partial charge in [-0.25, -0.2) is 4.79 Å². The molecule has 0 spiro atoms. The zero-order valence-electron chi connectivity index (χ0n) is 25.5. The van der Waals surface area contributed by atoms with E-state index >= 15 is 0 Å². The second-order valence-electron chi connectivity index (χ2n) is 11.0. The molecule has 4 atom stereocenters. The molecule has 0 aliphatic heterocycles. The average Bonchev–Trinajstić information content (AvgIpc) is 2.97. The first-order valence-corrected chi connectivity index (χ1v) is 15.4. The van der Waals surface area contributed by atoms with Gasteiger partial charge in [-0.1, -0.05) is 72.3 Å². The summed E-state index contributed by atoms with van der Waals surface area (Å²) in [4.78, 5) is 12.1. The zero-order chi connectivity index (χ0) is 30.0. The zero-order valence-corrected chi connectivity index (χ0v) is 25.5. The molecule has 3 N–H and O–H groups in total. The van der Waals surface area contributed by atoms with Crippen LogP contribution in [0.2, 0.25) is 0 Å². The van der Waals surface area contributed by atoms with Gasteiger partial charge in [0.2, 0.25) is 0 Å². The number of carbonyl (C=O) groups is 1. The molecule has 232 valence electrons. The minimum absolute atomic E-state index is 0.0229. The highest BCUT2D eigenvalue weighted by molar-refractivity contribution is 6.06. The van der Waals surface area contributed by atoms with Crippen molar-refractivity contribution in [1.82, 2.24) is 0 Å². The van der Waals surface area contributed by atoms with Crippen molar-refractivity contribution >= 4 is 16.7 Å². The molecule has 8 nitrogen and oxygen atoms in total. The van der Waals surface area contributed by atoms with Gasteiger partial charge in [-0.3, -0.25) is 0 Å². The number of ether oxygens (including phenoxy) is 4. The first kappa shape index (κ1) is 34.8. The predicted octanol–water partition coefficient (Wildman–Crippen LogP) is 6.48. The van der Waals surface area contributed by atoms with Crippen LogP contribution < -0.4 is 9.47 Å². The van der Waals surface area contributed by atoms with Crippen LogP contribution in [0.1, 0.15) is 89.4 Å². The first-order valence-electron chi connectivity index (χ1n) is 15.4. The molecule has 41 heavy (non-hydrogen) atoms. The molecule has 2 rings (SSSR count). The SMILES string of the molecule is CCCCC(CC)COCC(O)COc1ccc2c(C(=O)O)c(OCC(O)COCC(CC)CCCC)ccc2c1. The maximum Gasteiger partial charge on any atom is 0.340 e. The quantitative estimate of drug-likeness (QED) is 0.138. The Hall–Kier alpha value is -2.39. The highest BCUT2D eigenvalue weighted by Gasteiger charge is 2.18. The van der Waals surface area contributed by atoms with E-state index in [9.17, 15) is 20.1 Å². The Bertz CT molecular complexity index is 1010. The van der Waals surface area contributed by atoms with Crippen LogP contribution in [-0.4, -0.2) is 73.1 Å². The van der Waals surface area contributed by atoms with E-state index in [1.165, 1.54) is 12.8 Å². The van der Waals surface area contributed by atoms with Gasteiger partial charge >= 0.3 is 5.97 Å². The van der Waals surface area contributed by atoms with Crippen molar-refractivity contribution in [3.63, 3.8) is 0 Å². The summed E-state index contributed by atoms with van der Waals surface area (Å²) >= 11 is 0. The van der Waals surface area contributed by atoms with Gasteiger partial charge in [-0.15, -0.1) is 0 Å². The van der Waals surface area contributed by atoms with Gasteiger partial charge < -0.3 is 34.3 Å². The largest absolute Gasteiger partial charge is 0.491 e. The molecule has 4 unspecified atom stereocenters. The van der Waals surface area contributed by atoms with Crippen LogP contribution in [0.15, 0.2) is 30.3 Å². The van der Waals surface area contributed by atoms with Crippen LogP contribution in [0.3, 0.4) is 0 Å². The van der Waals surface area contributed by atoms with E-state index < -0.39 is 18.2 Å². The normalized spacial score (nSPS) is 14.5. The standard InChI is InChI=1S/C33H52O8/c1-5-9-11-24(7-3)18-38-20-27(34)22-40-29-14-15-30-26(17-29)13-16-31(32(30)33(36)37)41-23-28(35)21-39-19-25(8-4)12-10-6-2/h13-17,24-25,27-28,34-35H,5-12,18-23H2,1-4H3,(H,36,37). The van der Waals surface area contributed by atoms with Gasteiger partial charge in [0.15, 0.2) is 0 Å². The van der Waals surface area contributed by atoms with Crippen molar-refractivity contribution < 1.29 is 39.1 Å². The Morgan fingerprint density at radius 2 is 1.29 bits per heavy atom. The molecule has 0 fully saturated rings. The molecule has 0 heterocycles. The Balaban J connectivity index is 1.90. The summed E-state index contributed by atoms with van der Waals surface area (Å²) in [6, 6.07) is 8.43. The summed E-state index contributed by atoms with van der Waals surface area (Å²) in [5.74, 6) is 0.563. The van der Waals surface area contributed by atoms with E-state index in [0.717, 1.165) is 38.5 Å². The maximum atomic E-state index is 12.1. The molecule has 0 aromatic heterocycles. The lowest BCUT2D eigenvalue weighted by molar-refractivity contribution is -0.00129. The lowest BCUT2D eigenvalue weighted by atomic mass is 10.0. The molecule has 0 aliphatic rings. The van der Waals surface area contributed by atoms with Gasteiger partial charge in [0.25, 0.3) is 0 Å². The smallest absolute Gasteiger partial charge is 0.340 e. The molecular formula is C33H52O8. The number of carboxylic acids is 1. The number of rotatable bonds is 23. The lowest BCUT2D eigenvalue weighted by Gasteiger charge is -2.18. The van der Waals surface area contributed by atoms with E-state index in [1.54, 1.807) is 30.3 Å². The third kappa shape index (κ3) is 12.6. The number of fused-ring (bicyclic) bond motifs is 1. The van der Waals surface area contributed by atoms with Crippen LogP contribution in [0.5, 0.6) is 11.5 Å². The Morgan fingerprint density at radius 1 is 0.732 bits per heavy atom. The van der Waals surface area contributed by atoms with Gasteiger partial charge in [0, 0.05) is 18.6 Å². The predicted molar refractivity (Wildman–Crippen MR) is 162 cm³/mol. The van der Waals surface area contributed by atoms with Gasteiger partial charge in [-0.05, 0) is 54.3 Å². The van der Waals surface area contributed by atoms with Crippen LogP contribution >= 0.6 is 0 Å². The number of hydrogen-bond acceptors (Lipinski definition) is 7. The van der Waals surface area contributed by atoms with Crippen molar-refractivity contribution in [2.24, 2.45) is 11.8 Å². The van der Waals surface area contributed by atoms with E-state index in [4.69, 9.17) is 18.9 Å². The monoisotopic (exact) mass is 576 g/mol. The van der Waals surface area contributed by atoms with Gasteiger partial charge in [-0.2, -0.15) is 0 Å². The number of unbranched alkanes of at least 4 members (excludes halogenated alkanes) is 2. The van der Waals surface area contributed by atoms with E-state index in [0.29, 0.717) is 41.6 Å². The third-order valence-electron chi connectivity index (χ3n) is 7.45. The molecule has 0 radical (unpaired) electrons. The Labute approximate surface area is 246 Å². The maximum absolute atomic E-state index is 12.1. The second-order valence-corrected chi connectivity index (χ2v) is 11.0. The summed E-state index contributed by atoms with van der Waals surface area (Å²) in [6.45, 7) is 10.2. The summed E-state index contributed by atoms with van der Waals surface area (Å²) in [5.41, 5.74) is 0.0229. The van der Waals surface area contributed by atoms with Crippen LogP contribution in [0.4, 0.5) is 0 Å². The fourth-order valence-electron chi connectivity index (χ4n) is 4.73. The fraction of sp³-hybridized carbons (Fsp3) is 0.667. The summed E-state index contributed by atoms with van der Waals surface area (Å²) in [6.07, 6.45) is 7.36. The number of aliphatic hydroxyl groups excluding tert-OH is 2. The highest BCUT2D eigenvalue weighted by Crippen LogP contribution is 2.31. The number of carboxylic acid groups (broad SMARTS) is 1. The average molecular weight is 577 g/mol. The first-order chi connectivity index (χ1) is 19.8. The van der Waals surface area contributed by atoms with Gasteiger partial charge in [0.05, 0.1) is 13.2 Å². The molecule has 8 heteroatoms. The summed E-state index contributed by atoms with van der Waals surface area (Å²) in [7, 11) is 0. The Kier molecular flexibility index (Phi) is 16.7. The topological polar surface area (TPSA) is 115 Å². The lowest BCUT2D eigenvalue weighted by Crippen LogP contribution is -2.25. The van der Waals surface area contributed by atoms with Crippen molar-refractivity contribution in [2.45, 2.75) is 91.3 Å². The molecule has 0 aliphatic carbocycles. The number of aliphatic hydroxyl groups is 2. The highest BCUT2D eigenvalue weighted by atomic mass is 16.5. The minimum atomic E-state index is -1.12. The van der Waals surface area contributed by atoms with Crippen molar-refractivity contribution in [3.8, 4) is 11.5 Å². The fourth-order valence-corrected chi connectivity index (χ4v) is 4.73. The number of benzene rings is 2. The molecular weight excluding hydrogens is 524 g/mol. The number of aromatic carboxylic acids is 1. The van der Waals surface area contributed by atoms with Crippen LogP contribution in [0.25, 0.3) is 10.8 Å². The van der Waals surface area contributed by atoms with E-state index in [-0.39, 0.29) is 37.7 Å². The molecule has 0 bridgehead atoms. The van der Waals surface area contributed by atoms with Crippen molar-refractivity contribution in [2.75, 3.05) is 39.6 Å². The van der Waals surface area contributed by atoms with E-state index in [1.807, 2.05) is 0 Å². The van der Waals surface area contributed by atoms with Crippen molar-refractivity contribution in [1.29, 1.82) is 0 Å². The minimum Gasteiger partial charge on any atom is -0.491 e. The van der Waals surface area contributed by atoms with Crippen molar-refractivity contribution in [3.05, 3.63) is 35.9 Å². The molecule has 2 aromatic carbocycles. The van der Waals surface area contributed by atoms with E-state index in [2.05, 4.69) is 27.7 Å². The Morgan fingerprint density at radius 3 is 1.80 bits per heavy atom. The molecule has 0 saturated heterocycles. The van der Waals surface area contributed by atoms with Crippen LogP contribution in [-0.2, 0) is 9.47 Å². The third-order valence-corrected chi connectivity index (χ3v) is 7.45. The van der Waals surface area contributed by atoms with Crippen LogP contribution in [0, 0.1) is 11.8 Å². The number of hydrogen-bond donors (Lipinski definition) is 3.